The predicted molar refractivity (Wildman–Crippen MR) is 53.9 cm³/mol. The van der Waals surface area contributed by atoms with E-state index in [0.717, 1.165) is 0 Å². The zero-order valence-corrected chi connectivity index (χ0v) is 8.37. The lowest BCUT2D eigenvalue weighted by molar-refractivity contribution is 0.0459. The molecule has 0 saturated carbocycles. The zero-order chi connectivity index (χ0) is 12.6. The first kappa shape index (κ1) is 11.0. The number of hydrogen-bond donors (Lipinski definition) is 0. The Morgan fingerprint density at radius 2 is 1.65 bits per heavy atom. The molecule has 0 heterocycles. The van der Waals surface area contributed by atoms with Crippen LogP contribution in [0.5, 0.6) is 0 Å². The molecule has 0 bridgehead atoms. The number of carbonyl (C=O) groups is 1. The van der Waals surface area contributed by atoms with Gasteiger partial charge in [0.25, 0.3) is 0 Å². The standard InChI is InChI=1S/C12H4F2N2O/c13-12(14)10(7(5-15)6-16)8-3-1-2-4-9(8)11(12)17/h1-4H. The van der Waals surface area contributed by atoms with E-state index in [0.29, 0.717) is 0 Å². The van der Waals surface area contributed by atoms with Gasteiger partial charge in [0.15, 0.2) is 0 Å². The SMILES string of the molecule is N#CC(C#N)=C1c2ccccc2C(=O)C1(F)F. The Kier molecular flexibility index (Phi) is 2.26. The number of carbonyl (C=O) groups excluding carboxylic acids is 1. The Labute approximate surface area is 95.2 Å². The monoisotopic (exact) mass is 230 g/mol. The van der Waals surface area contributed by atoms with E-state index in [1.807, 2.05) is 0 Å². The molecule has 0 atom stereocenters. The fraction of sp³-hybridized carbons (Fsp3) is 0.0833. The maximum absolute atomic E-state index is 13.7. The first-order valence-corrected chi connectivity index (χ1v) is 4.61. The van der Waals surface area contributed by atoms with Crippen LogP contribution in [-0.4, -0.2) is 11.7 Å². The van der Waals surface area contributed by atoms with Crippen molar-refractivity contribution < 1.29 is 13.6 Å². The summed E-state index contributed by atoms with van der Waals surface area (Å²) in [7, 11) is 0. The minimum absolute atomic E-state index is 0.0411. The van der Waals surface area contributed by atoms with Crippen LogP contribution in [0.25, 0.3) is 5.57 Å². The van der Waals surface area contributed by atoms with Crippen LogP contribution < -0.4 is 0 Å². The van der Waals surface area contributed by atoms with E-state index in [1.54, 1.807) is 0 Å². The Morgan fingerprint density at radius 3 is 2.18 bits per heavy atom. The van der Waals surface area contributed by atoms with Crippen LogP contribution in [-0.2, 0) is 0 Å². The highest BCUT2D eigenvalue weighted by Crippen LogP contribution is 2.45. The largest absolute Gasteiger partial charge is 0.337 e. The van der Waals surface area contributed by atoms with Crippen molar-refractivity contribution in [3.63, 3.8) is 0 Å². The summed E-state index contributed by atoms with van der Waals surface area (Å²) in [6.07, 6.45) is 0. The molecular formula is C12H4F2N2O. The summed E-state index contributed by atoms with van der Waals surface area (Å²) in [4.78, 5) is 11.5. The van der Waals surface area contributed by atoms with E-state index in [2.05, 4.69) is 0 Å². The van der Waals surface area contributed by atoms with E-state index in [-0.39, 0.29) is 11.1 Å². The molecule has 17 heavy (non-hydrogen) atoms. The van der Waals surface area contributed by atoms with Gasteiger partial charge in [-0.25, -0.2) is 0 Å². The van der Waals surface area contributed by atoms with Gasteiger partial charge in [-0.15, -0.1) is 0 Å². The molecule has 1 aliphatic rings. The molecule has 0 aromatic heterocycles. The number of fused-ring (bicyclic) bond motifs is 1. The van der Waals surface area contributed by atoms with Gasteiger partial charge in [0.1, 0.15) is 17.7 Å². The molecule has 2 rings (SSSR count). The second-order valence-corrected chi connectivity index (χ2v) is 3.42. The molecule has 1 aromatic carbocycles. The van der Waals surface area contributed by atoms with Crippen LogP contribution in [0, 0.1) is 22.7 Å². The number of alkyl halides is 2. The van der Waals surface area contributed by atoms with Gasteiger partial charge in [0, 0.05) is 5.56 Å². The quantitative estimate of drug-likeness (QED) is 0.642. The third-order valence-electron chi connectivity index (χ3n) is 2.51. The van der Waals surface area contributed by atoms with Crippen molar-refractivity contribution in [1.29, 1.82) is 10.5 Å². The number of nitriles is 2. The van der Waals surface area contributed by atoms with Gasteiger partial charge in [0.2, 0.25) is 5.78 Å². The number of rotatable bonds is 0. The molecule has 0 fully saturated rings. The van der Waals surface area contributed by atoms with Crippen LogP contribution in [0.15, 0.2) is 29.8 Å². The third kappa shape index (κ3) is 1.33. The maximum Gasteiger partial charge on any atom is 0.337 e. The Hall–Kier alpha value is -2.53. The highest BCUT2D eigenvalue weighted by molar-refractivity contribution is 6.19. The zero-order valence-electron chi connectivity index (χ0n) is 8.37. The van der Waals surface area contributed by atoms with Crippen molar-refractivity contribution in [2.75, 3.05) is 0 Å². The van der Waals surface area contributed by atoms with Gasteiger partial charge in [0.05, 0.1) is 5.57 Å². The molecule has 1 aliphatic carbocycles. The number of allylic oxidation sites excluding steroid dienone is 2. The van der Waals surface area contributed by atoms with Gasteiger partial charge in [-0.1, -0.05) is 24.3 Å². The van der Waals surface area contributed by atoms with Crippen LogP contribution in [0.4, 0.5) is 8.78 Å². The van der Waals surface area contributed by atoms with E-state index < -0.39 is 22.9 Å². The molecule has 0 unspecified atom stereocenters. The smallest absolute Gasteiger partial charge is 0.287 e. The summed E-state index contributed by atoms with van der Waals surface area (Å²) in [5, 5.41) is 17.3. The summed E-state index contributed by atoms with van der Waals surface area (Å²) in [6.45, 7) is 0. The Morgan fingerprint density at radius 1 is 1.12 bits per heavy atom. The summed E-state index contributed by atoms with van der Waals surface area (Å²) in [6, 6.07) is 8.28. The average molecular weight is 230 g/mol. The molecule has 5 heteroatoms. The minimum Gasteiger partial charge on any atom is -0.287 e. The fourth-order valence-electron chi connectivity index (χ4n) is 1.78. The molecule has 3 nitrogen and oxygen atoms in total. The van der Waals surface area contributed by atoms with E-state index >= 15 is 0 Å². The summed E-state index contributed by atoms with van der Waals surface area (Å²) in [5.41, 5.74) is -1.72. The van der Waals surface area contributed by atoms with Crippen molar-refractivity contribution in [2.24, 2.45) is 0 Å². The normalized spacial score (nSPS) is 16.0. The lowest BCUT2D eigenvalue weighted by atomic mass is 10.0. The number of hydrogen-bond acceptors (Lipinski definition) is 3. The van der Waals surface area contributed by atoms with Gasteiger partial charge >= 0.3 is 5.92 Å². The molecule has 0 amide bonds. The average Bonchev–Trinajstić information content (AvgIpc) is 2.52. The molecule has 1 aromatic rings. The summed E-state index contributed by atoms with van der Waals surface area (Å²) < 4.78 is 27.4. The van der Waals surface area contributed by atoms with Crippen LogP contribution in [0.2, 0.25) is 0 Å². The van der Waals surface area contributed by atoms with Crippen molar-refractivity contribution in [3.05, 3.63) is 41.0 Å². The minimum atomic E-state index is -3.80. The number of halogens is 2. The third-order valence-corrected chi connectivity index (χ3v) is 2.51. The molecule has 0 saturated heterocycles. The van der Waals surface area contributed by atoms with Gasteiger partial charge < -0.3 is 0 Å². The molecule has 0 spiro atoms. The van der Waals surface area contributed by atoms with E-state index in [9.17, 15) is 13.6 Å². The lowest BCUT2D eigenvalue weighted by Crippen LogP contribution is -2.23. The van der Waals surface area contributed by atoms with Crippen molar-refractivity contribution in [3.8, 4) is 12.1 Å². The number of Topliss-reactive ketones (excluding diaryl/α,β-unsaturated/α-hetero) is 1. The van der Waals surface area contributed by atoms with Crippen molar-refractivity contribution in [1.82, 2.24) is 0 Å². The van der Waals surface area contributed by atoms with Crippen molar-refractivity contribution in [2.45, 2.75) is 5.92 Å². The first-order chi connectivity index (χ1) is 8.04. The van der Waals surface area contributed by atoms with Gasteiger partial charge in [-0.05, 0) is 5.56 Å². The fourth-order valence-corrected chi connectivity index (χ4v) is 1.78. The molecule has 82 valence electrons. The highest BCUT2D eigenvalue weighted by Gasteiger charge is 2.52. The Bertz CT molecular complexity index is 617. The summed E-state index contributed by atoms with van der Waals surface area (Å²) >= 11 is 0. The van der Waals surface area contributed by atoms with E-state index in [1.165, 1.54) is 36.4 Å². The maximum atomic E-state index is 13.7. The van der Waals surface area contributed by atoms with Gasteiger partial charge in [-0.3, -0.25) is 4.79 Å². The second kappa shape index (κ2) is 3.50. The topological polar surface area (TPSA) is 64.7 Å². The molecule has 0 aliphatic heterocycles. The molecule has 0 N–H and O–H groups in total. The van der Waals surface area contributed by atoms with Crippen molar-refractivity contribution >= 4 is 11.4 Å². The van der Waals surface area contributed by atoms with Gasteiger partial charge in [-0.2, -0.15) is 19.3 Å². The van der Waals surface area contributed by atoms with Crippen LogP contribution >= 0.6 is 0 Å². The van der Waals surface area contributed by atoms with Crippen LogP contribution in [0.3, 0.4) is 0 Å². The summed E-state index contributed by atoms with van der Waals surface area (Å²) in [5.74, 6) is -5.17. The predicted octanol–water partition coefficient (Wildman–Crippen LogP) is 2.32. The first-order valence-electron chi connectivity index (χ1n) is 4.61. The lowest BCUT2D eigenvalue weighted by Gasteiger charge is -2.08. The highest BCUT2D eigenvalue weighted by atomic mass is 19.3. The second-order valence-electron chi connectivity index (χ2n) is 3.42. The van der Waals surface area contributed by atoms with Crippen LogP contribution in [0.1, 0.15) is 15.9 Å². The molecule has 0 radical (unpaired) electrons. The molecular weight excluding hydrogens is 226 g/mol. The number of benzene rings is 1. The number of nitrogens with zero attached hydrogens (tertiary/aromatic N) is 2. The Balaban J connectivity index is 2.87. The van der Waals surface area contributed by atoms with E-state index in [4.69, 9.17) is 10.5 Å². The number of ketones is 1.